The summed E-state index contributed by atoms with van der Waals surface area (Å²) in [5, 5.41) is 188. The van der Waals surface area contributed by atoms with E-state index in [-0.39, 0.29) is 75.0 Å². The largest absolute Gasteiger partial charge is 0.508 e. The molecule has 7 aromatic carbocycles. The van der Waals surface area contributed by atoms with Crippen molar-refractivity contribution in [2.24, 2.45) is 17.4 Å². The molecule has 45 nitrogen and oxygen atoms in total. The molecule has 8 heterocycles. The average molecular weight is 2070 g/mol. The summed E-state index contributed by atoms with van der Waals surface area (Å²) in [6.07, 6.45) is -22.3. The fourth-order valence-electron chi connectivity index (χ4n) is 17.4. The smallest absolute Gasteiger partial charge is 0.248 e. The molecule has 15 rings (SSSR count). The van der Waals surface area contributed by atoms with Gasteiger partial charge in [0.2, 0.25) is 71.5 Å². The molecule has 0 spiro atoms. The van der Waals surface area contributed by atoms with Crippen molar-refractivity contribution in [2.45, 2.75) is 232 Å². The number of aliphatic hydroxyl groups is 10. The summed E-state index contributed by atoms with van der Waals surface area (Å²) in [4.78, 5) is 141. The maximum atomic E-state index is 17.0. The fourth-order valence-corrected chi connectivity index (χ4v) is 17.8. The van der Waals surface area contributed by atoms with Gasteiger partial charge >= 0.3 is 0 Å². The molecule has 47 heteroatoms. The second-order valence-corrected chi connectivity index (χ2v) is 37.3. The molecule has 8 aliphatic rings. The van der Waals surface area contributed by atoms with Gasteiger partial charge in [-0.25, -0.2) is 0 Å². The first-order valence-corrected chi connectivity index (χ1v) is 48.3. The van der Waals surface area contributed by atoms with Crippen LogP contribution in [0.5, 0.6) is 69.0 Å². The first-order valence-electron chi connectivity index (χ1n) is 47.6. The molecule has 0 aliphatic carbocycles. The van der Waals surface area contributed by atoms with Gasteiger partial charge in [-0.3, -0.25) is 43.2 Å². The highest BCUT2D eigenvalue weighted by Crippen LogP contribution is 2.50. The number of aromatic hydroxyl groups is 4. The van der Waals surface area contributed by atoms with Gasteiger partial charge < -0.3 is 184 Å². The number of unbranched alkanes of at least 4 members (excludes halogenated alkanes) is 4. The van der Waals surface area contributed by atoms with Crippen LogP contribution in [0.25, 0.3) is 0 Å². The lowest BCUT2D eigenvalue weighted by atomic mass is 9.95. The van der Waals surface area contributed by atoms with Crippen LogP contribution in [0.4, 0.5) is 0 Å². The highest BCUT2D eigenvalue weighted by atomic mass is 35.5. The predicted molar refractivity (Wildman–Crippen MR) is 513 cm³/mol. The number of nitrogens with two attached hydrogens (primary N) is 2. The predicted octanol–water partition coefficient (Wildman–Crippen LogP) is 0.769. The van der Waals surface area contributed by atoms with Gasteiger partial charge in [-0.15, -0.1) is 0 Å². The lowest BCUT2D eigenvalue weighted by Crippen LogP contribution is -2.65. The summed E-state index contributed by atoms with van der Waals surface area (Å²) < 4.78 is 57.8. The number of carbonyl (C=O) groups excluding carboxylic acids is 9. The Morgan fingerprint density at radius 2 is 1.03 bits per heavy atom. The number of rotatable bonds is 35. The van der Waals surface area contributed by atoms with Gasteiger partial charge in [0, 0.05) is 38.4 Å². The number of aliphatic hydroxyl groups excluding tert-OH is 10. The van der Waals surface area contributed by atoms with Gasteiger partial charge in [0.25, 0.3) is 0 Å². The zero-order chi connectivity index (χ0) is 104. The van der Waals surface area contributed by atoms with Crippen molar-refractivity contribution in [3.8, 4) is 69.0 Å². The van der Waals surface area contributed by atoms with E-state index in [1.54, 1.807) is 0 Å². The Labute approximate surface area is 841 Å². The number of ether oxygens (including phenoxy) is 9. The minimum absolute atomic E-state index is 0.0414. The van der Waals surface area contributed by atoms with Crippen LogP contribution in [-0.4, -0.2) is 288 Å². The van der Waals surface area contributed by atoms with E-state index in [9.17, 15) is 85.9 Å². The number of halogens is 2. The molecule has 786 valence electrons. The van der Waals surface area contributed by atoms with Crippen LogP contribution in [-0.2, 0) is 68.5 Å². The summed E-state index contributed by atoms with van der Waals surface area (Å²) in [6.45, 7) is 4.84. The van der Waals surface area contributed by atoms with Crippen molar-refractivity contribution in [1.29, 1.82) is 0 Å². The number of amides is 9. The molecule has 3 fully saturated rings. The van der Waals surface area contributed by atoms with Crippen molar-refractivity contribution in [2.75, 3.05) is 59.1 Å². The molecule has 8 aliphatic heterocycles. The van der Waals surface area contributed by atoms with Gasteiger partial charge in [-0.2, -0.15) is 0 Å². The number of hydrogen-bond donors (Lipinski definition) is 27. The SMILES string of the molecule is CC(=O)N[C@H]1[C@H](O[C@@H]2c3ccc(c(Cl)c3)Oc3cc4cc(c3O[C@@H]3O[C@H](CO)[C@@H](O)[C@H](O)[C@H]3NC(=O)CCCCCCC(C)C)Oc3ccc(cc3Cl)C[C@H]3NC(=O)[C@H](N)c5ccc(O)c(c5)Oc5cc(O)cc(c5)[C@H](NC3=O)C(=O)N[C@H]4C(=O)N[C@H](c3ccc(O)cc3)C(=O)N[C@@H]2C(=O)N[C@H](C(=O)NCCCNCCCCNCCCN)c2cc(O)cc(O[C@H]3O[C@H](CO)[C@@H](O)[C@H](O)[C@@H]3O)c2)O[C@H](CO)[C@@H](O)[C@@H]1O. The maximum Gasteiger partial charge on any atom is 0.248 e. The van der Waals surface area contributed by atoms with E-state index >= 15 is 28.8 Å². The van der Waals surface area contributed by atoms with Crippen molar-refractivity contribution >= 4 is 76.4 Å². The Morgan fingerprint density at radius 3 is 1.66 bits per heavy atom. The molecule has 29 N–H and O–H groups in total. The van der Waals surface area contributed by atoms with Crippen molar-refractivity contribution in [3.05, 3.63) is 176 Å². The summed E-state index contributed by atoms with van der Waals surface area (Å²) in [7, 11) is 0. The topological polar surface area (TPSA) is 704 Å². The second-order valence-electron chi connectivity index (χ2n) is 36.5. The lowest BCUT2D eigenvalue weighted by molar-refractivity contribution is -0.284. The number of phenols is 4. The van der Waals surface area contributed by atoms with Gasteiger partial charge in [-0.05, 0) is 195 Å². The van der Waals surface area contributed by atoms with Crippen LogP contribution >= 0.6 is 23.2 Å². The third kappa shape index (κ3) is 28.0. The fraction of sp³-hybridized carbons (Fsp3) is 0.480. The maximum absolute atomic E-state index is 17.0. The van der Waals surface area contributed by atoms with E-state index in [1.165, 1.54) is 30.3 Å². The zero-order valence-electron chi connectivity index (χ0n) is 79.1. The van der Waals surface area contributed by atoms with E-state index < -0.39 is 282 Å². The Hall–Kier alpha value is -12.2. The Kier molecular flexibility index (Phi) is 38.5. The zero-order valence-corrected chi connectivity index (χ0v) is 80.7. The number of hydrogen-bond acceptors (Lipinski definition) is 36. The van der Waals surface area contributed by atoms with Gasteiger partial charge in [-0.1, -0.05) is 93.1 Å². The summed E-state index contributed by atoms with van der Waals surface area (Å²) in [6, 6.07) is 4.93. The van der Waals surface area contributed by atoms with Gasteiger partial charge in [0.15, 0.2) is 29.3 Å². The molecule has 0 aromatic heterocycles. The van der Waals surface area contributed by atoms with Crippen molar-refractivity contribution in [1.82, 2.24) is 58.5 Å². The highest BCUT2D eigenvalue weighted by Gasteiger charge is 2.52. The molecular formula is C98H123Cl2N13O32. The summed E-state index contributed by atoms with van der Waals surface area (Å²) >= 11 is 14.9. The summed E-state index contributed by atoms with van der Waals surface area (Å²) in [5.41, 5.74) is 10.6. The molecule has 0 radical (unpaired) electrons. The van der Waals surface area contributed by atoms with Crippen molar-refractivity contribution in [3.63, 3.8) is 0 Å². The molecule has 145 heavy (non-hydrogen) atoms. The molecule has 0 saturated carbocycles. The Balaban J connectivity index is 1.02. The highest BCUT2D eigenvalue weighted by molar-refractivity contribution is 6.32. The number of benzene rings is 7. The van der Waals surface area contributed by atoms with Crippen LogP contribution in [0.3, 0.4) is 0 Å². The molecule has 23 atom stereocenters. The number of carbonyl (C=O) groups is 9. The van der Waals surface area contributed by atoms with Crippen LogP contribution in [0, 0.1) is 5.92 Å². The van der Waals surface area contributed by atoms with E-state index in [0.717, 1.165) is 156 Å². The third-order valence-electron chi connectivity index (χ3n) is 25.2. The first kappa shape index (κ1) is 110. The average Bonchev–Trinajstić information content (AvgIpc) is 0.767. The quantitative estimate of drug-likeness (QED) is 0.0244. The first-order chi connectivity index (χ1) is 69.4. The van der Waals surface area contributed by atoms with E-state index in [1.807, 2.05) is 0 Å². The normalized spacial score (nSPS) is 26.7. The standard InChI is InChI=1S/C98H123Cl2N13O32/c1-45(2)12-6-4-5-7-13-71(122)108-78-84(127)81(124)69(43-115)142-97(78)145-88-66-38-53-39-67(88)140-64-23-18-50(36-60(64)100)87(144-96-77(106-46(3)117)83(126)80(123)68(42-114)141-96)79(95(136)111-74(91(132)105-29-11-28-104-26-9-8-25-103-27-10-24-101)51-32-56(120)41-58(35-51)138-98-86(129)85(128)82(125)70(44-116)143-98)113-92(133)73(48-15-19-54(118)20-16-48)110-94(135)76(53)112-93(134)75-52-33-55(119)40-57(34-52)137-65-37-49(17-21-62(65)121)72(102)90(131)107-61(89(130)109-75)31-47-14-22-63(139-66)59(99)30-47/h14-23,30,32-41,45,61,68-70,72-87,96-98,103-104,114-116,118-121,123-129H,4-13,24-29,31,42-44,101-102H2,1-3H3,(H,105,132)(H,106,117)(H,107,131)(H,108,122)(H,109,130)(H,110,135)(H,111,136)(H,112,134)(H,113,133)/t61-,68-,69-,70-,72-,73-,74+,75+,76-,77-,78-,79+,80-,81-,82-,83-,84-,85+,86+,87-,96+,97+,98+/m1/s1. The lowest BCUT2D eigenvalue weighted by Gasteiger charge is -2.44. The van der Waals surface area contributed by atoms with E-state index in [0.29, 0.717) is 38.4 Å². The van der Waals surface area contributed by atoms with Crippen LogP contribution in [0.1, 0.15) is 160 Å². The number of phenolic OH excluding ortho intramolecular Hbond substituents is 4. The summed E-state index contributed by atoms with van der Waals surface area (Å²) in [5.74, 6) is -16.6. The minimum atomic E-state index is -2.55. The van der Waals surface area contributed by atoms with Crippen LogP contribution in [0.2, 0.25) is 10.0 Å². The van der Waals surface area contributed by atoms with Crippen LogP contribution < -0.4 is 93.6 Å². The Bertz CT molecular complexity index is 5700. The van der Waals surface area contributed by atoms with Crippen LogP contribution in [0.15, 0.2) is 127 Å². The second kappa shape index (κ2) is 50.8. The van der Waals surface area contributed by atoms with E-state index in [4.69, 9.17) is 77.3 Å². The molecule has 13 bridgehead atoms. The monoisotopic (exact) mass is 2060 g/mol. The Morgan fingerprint density at radius 1 is 0.483 bits per heavy atom. The third-order valence-corrected chi connectivity index (χ3v) is 25.8. The van der Waals surface area contributed by atoms with Gasteiger partial charge in [0.1, 0.15) is 162 Å². The molecule has 7 aromatic rings. The van der Waals surface area contributed by atoms with E-state index in [2.05, 4.69) is 72.3 Å². The van der Waals surface area contributed by atoms with Gasteiger partial charge in [0.05, 0.1) is 29.9 Å². The molecular weight excluding hydrogens is 1940 g/mol. The molecule has 9 amide bonds. The number of nitrogens with one attached hydrogen (secondary N) is 11. The molecule has 3 saturated heterocycles. The number of fused-ring (bicyclic) bond motifs is 15. The minimum Gasteiger partial charge on any atom is -0.508 e. The van der Waals surface area contributed by atoms with Crippen molar-refractivity contribution < 1.29 is 157 Å². The molecule has 0 unspecified atom stereocenters.